The van der Waals surface area contributed by atoms with E-state index in [2.05, 4.69) is 20.8 Å². The summed E-state index contributed by atoms with van der Waals surface area (Å²) < 4.78 is 11.4. The topological polar surface area (TPSA) is 17.1 Å². The molecule has 0 aromatic carbocycles. The van der Waals surface area contributed by atoms with E-state index in [1.165, 1.54) is 38.5 Å². The van der Waals surface area contributed by atoms with Crippen molar-refractivity contribution in [3.05, 3.63) is 0 Å². The van der Waals surface area contributed by atoms with Gasteiger partial charge in [0.05, 0.1) is 5.16 Å². The molecular formula is C13H27OP. The number of rotatable bonds is 10. The average Bonchev–Trinajstić information content (AvgIpc) is 2.29. The van der Waals surface area contributed by atoms with E-state index in [9.17, 15) is 4.57 Å². The van der Waals surface area contributed by atoms with E-state index in [1.54, 1.807) is 0 Å². The van der Waals surface area contributed by atoms with E-state index in [-0.39, 0.29) is 5.16 Å². The van der Waals surface area contributed by atoms with Gasteiger partial charge in [-0.1, -0.05) is 59.3 Å². The Bertz CT molecular complexity index is 135. The Morgan fingerprint density at radius 1 is 0.800 bits per heavy atom. The highest BCUT2D eigenvalue weighted by Crippen LogP contribution is 2.39. The molecule has 0 rings (SSSR count). The van der Waals surface area contributed by atoms with E-state index in [0.29, 0.717) is 8.46 Å². The second kappa shape index (κ2) is 9.33. The molecule has 0 saturated carbocycles. The lowest BCUT2D eigenvalue weighted by Gasteiger charge is -2.26. The van der Waals surface area contributed by atoms with Crippen LogP contribution in [0.5, 0.6) is 0 Å². The van der Waals surface area contributed by atoms with Gasteiger partial charge in [-0.25, -0.2) is 0 Å². The highest BCUT2D eigenvalue weighted by Gasteiger charge is 2.28. The third-order valence-corrected chi connectivity index (χ3v) is 4.24. The fourth-order valence-electron chi connectivity index (χ4n) is 2.03. The van der Waals surface area contributed by atoms with Crippen LogP contribution in [0.1, 0.15) is 78.6 Å². The van der Waals surface area contributed by atoms with Gasteiger partial charge in [-0.3, -0.25) is 4.57 Å². The number of hydrogen-bond acceptors (Lipinski definition) is 1. The predicted molar refractivity (Wildman–Crippen MR) is 68.9 cm³/mol. The molecule has 0 unspecified atom stereocenters. The molecule has 15 heavy (non-hydrogen) atoms. The molecule has 0 aromatic rings. The third kappa shape index (κ3) is 6.30. The van der Waals surface area contributed by atoms with E-state index < -0.39 is 0 Å². The van der Waals surface area contributed by atoms with Crippen LogP contribution >= 0.6 is 8.46 Å². The van der Waals surface area contributed by atoms with Crippen LogP contribution < -0.4 is 0 Å². The Morgan fingerprint density at radius 3 is 1.33 bits per heavy atom. The fourth-order valence-corrected chi connectivity index (χ4v) is 2.78. The molecule has 0 aliphatic heterocycles. The van der Waals surface area contributed by atoms with Crippen LogP contribution in [0.2, 0.25) is 0 Å². The van der Waals surface area contributed by atoms with Gasteiger partial charge in [-0.2, -0.15) is 0 Å². The standard InChI is InChI=1S/C13H27OP/c1-4-7-10-13(15-14,11-8-5-2)12-9-6-3/h4-12H2,1-3H3. The molecule has 0 aliphatic rings. The smallest absolute Gasteiger partial charge is 0.162 e. The summed E-state index contributed by atoms with van der Waals surface area (Å²) in [7, 11) is 0.393. The molecule has 0 heterocycles. The van der Waals surface area contributed by atoms with Crippen molar-refractivity contribution in [2.45, 2.75) is 83.7 Å². The highest BCUT2D eigenvalue weighted by atomic mass is 31.1. The van der Waals surface area contributed by atoms with Crippen LogP contribution in [-0.4, -0.2) is 5.16 Å². The zero-order valence-electron chi connectivity index (χ0n) is 10.7. The van der Waals surface area contributed by atoms with Crippen LogP contribution in [0.3, 0.4) is 0 Å². The Kier molecular flexibility index (Phi) is 9.40. The van der Waals surface area contributed by atoms with Gasteiger partial charge in [0.2, 0.25) is 0 Å². The lowest BCUT2D eigenvalue weighted by atomic mass is 9.90. The molecule has 0 fully saturated rings. The Morgan fingerprint density at radius 2 is 1.13 bits per heavy atom. The van der Waals surface area contributed by atoms with Crippen molar-refractivity contribution >= 4 is 8.46 Å². The third-order valence-electron chi connectivity index (χ3n) is 3.18. The van der Waals surface area contributed by atoms with Crippen LogP contribution in [0.15, 0.2) is 0 Å². The largest absolute Gasteiger partial charge is 0.274 e. The zero-order chi connectivity index (χ0) is 11.6. The first-order valence-corrected chi connectivity index (χ1v) is 7.40. The first-order valence-electron chi connectivity index (χ1n) is 6.59. The normalized spacial score (nSPS) is 12.2. The monoisotopic (exact) mass is 230 g/mol. The molecule has 0 saturated heterocycles. The molecule has 0 radical (unpaired) electrons. The Balaban J connectivity index is 4.23. The maximum Gasteiger partial charge on any atom is 0.162 e. The molecular weight excluding hydrogens is 203 g/mol. The van der Waals surface area contributed by atoms with Gasteiger partial charge in [0, 0.05) is 0 Å². The van der Waals surface area contributed by atoms with Crippen LogP contribution in [0.4, 0.5) is 0 Å². The average molecular weight is 230 g/mol. The fraction of sp³-hybridized carbons (Fsp3) is 1.00. The molecule has 0 amide bonds. The lowest BCUT2D eigenvalue weighted by molar-refractivity contribution is 0.408. The summed E-state index contributed by atoms with van der Waals surface area (Å²) in [5.41, 5.74) is 0. The summed E-state index contributed by atoms with van der Waals surface area (Å²) in [5, 5.41) is 0.113. The number of hydrogen-bond donors (Lipinski definition) is 0. The first-order chi connectivity index (χ1) is 7.24. The van der Waals surface area contributed by atoms with Crippen molar-refractivity contribution in [2.24, 2.45) is 0 Å². The van der Waals surface area contributed by atoms with E-state index in [0.717, 1.165) is 19.3 Å². The second-order valence-corrected chi connectivity index (χ2v) is 5.76. The van der Waals surface area contributed by atoms with Gasteiger partial charge in [0.15, 0.2) is 8.46 Å². The zero-order valence-corrected chi connectivity index (χ0v) is 11.6. The minimum absolute atomic E-state index is 0.113. The van der Waals surface area contributed by atoms with Crippen molar-refractivity contribution in [1.29, 1.82) is 0 Å². The summed E-state index contributed by atoms with van der Waals surface area (Å²) >= 11 is 0. The van der Waals surface area contributed by atoms with Gasteiger partial charge in [0.1, 0.15) is 0 Å². The first kappa shape index (κ1) is 15.1. The van der Waals surface area contributed by atoms with E-state index >= 15 is 0 Å². The summed E-state index contributed by atoms with van der Waals surface area (Å²) in [5.74, 6) is 0. The Labute approximate surface area is 97.2 Å². The summed E-state index contributed by atoms with van der Waals surface area (Å²) in [6.45, 7) is 6.64. The quantitative estimate of drug-likeness (QED) is 0.447. The van der Waals surface area contributed by atoms with Crippen molar-refractivity contribution in [1.82, 2.24) is 0 Å². The van der Waals surface area contributed by atoms with Crippen LogP contribution in [0, 0.1) is 0 Å². The molecule has 0 spiro atoms. The molecule has 90 valence electrons. The summed E-state index contributed by atoms with van der Waals surface area (Å²) in [6, 6.07) is 0. The van der Waals surface area contributed by atoms with Gasteiger partial charge >= 0.3 is 0 Å². The van der Waals surface area contributed by atoms with E-state index in [1.807, 2.05) is 0 Å². The van der Waals surface area contributed by atoms with Crippen molar-refractivity contribution in [3.8, 4) is 0 Å². The maximum atomic E-state index is 11.4. The highest BCUT2D eigenvalue weighted by molar-refractivity contribution is 7.26. The molecule has 0 N–H and O–H groups in total. The van der Waals surface area contributed by atoms with Crippen LogP contribution in [0.25, 0.3) is 0 Å². The van der Waals surface area contributed by atoms with E-state index in [4.69, 9.17) is 0 Å². The predicted octanol–water partition coefficient (Wildman–Crippen LogP) is 5.59. The SMILES string of the molecule is CCCCC(CCCC)(CCCC)P=O. The van der Waals surface area contributed by atoms with Gasteiger partial charge in [-0.15, -0.1) is 0 Å². The number of unbranched alkanes of at least 4 members (excludes halogenated alkanes) is 3. The molecule has 0 atom stereocenters. The molecule has 0 aromatic heterocycles. The molecule has 2 heteroatoms. The Hall–Kier alpha value is 0.100. The van der Waals surface area contributed by atoms with Crippen molar-refractivity contribution in [3.63, 3.8) is 0 Å². The molecule has 0 bridgehead atoms. The van der Waals surface area contributed by atoms with Crippen molar-refractivity contribution < 1.29 is 4.57 Å². The van der Waals surface area contributed by atoms with Crippen molar-refractivity contribution in [2.75, 3.05) is 0 Å². The van der Waals surface area contributed by atoms with Gasteiger partial charge < -0.3 is 0 Å². The maximum absolute atomic E-state index is 11.4. The second-order valence-electron chi connectivity index (χ2n) is 4.63. The van der Waals surface area contributed by atoms with Crippen LogP contribution in [-0.2, 0) is 4.57 Å². The minimum atomic E-state index is 0.113. The van der Waals surface area contributed by atoms with Gasteiger partial charge in [0.25, 0.3) is 0 Å². The summed E-state index contributed by atoms with van der Waals surface area (Å²) in [6.07, 6.45) is 10.8. The minimum Gasteiger partial charge on any atom is -0.274 e. The summed E-state index contributed by atoms with van der Waals surface area (Å²) in [4.78, 5) is 0. The molecule has 1 nitrogen and oxygen atoms in total. The molecule has 0 aliphatic carbocycles. The lowest BCUT2D eigenvalue weighted by Crippen LogP contribution is -2.21. The van der Waals surface area contributed by atoms with Gasteiger partial charge in [-0.05, 0) is 19.3 Å².